The van der Waals surface area contributed by atoms with Crippen molar-refractivity contribution in [1.29, 1.82) is 0 Å². The molecule has 2 rings (SSSR count). The Kier molecular flexibility index (Phi) is 2.32. The first kappa shape index (κ1) is 8.96. The molecular formula is C9H8N4S. The SMILES string of the molecule is Cc1cc(=S)nc(-c2cnccn2)[nH]1. The molecule has 0 saturated heterocycles. The zero-order valence-electron chi connectivity index (χ0n) is 7.56. The van der Waals surface area contributed by atoms with Crippen LogP contribution in [0, 0.1) is 11.6 Å². The number of hydrogen-bond donors (Lipinski definition) is 1. The van der Waals surface area contributed by atoms with E-state index in [1.807, 2.05) is 6.92 Å². The monoisotopic (exact) mass is 204 g/mol. The van der Waals surface area contributed by atoms with E-state index in [1.54, 1.807) is 24.7 Å². The van der Waals surface area contributed by atoms with Crippen LogP contribution < -0.4 is 0 Å². The van der Waals surface area contributed by atoms with Crippen molar-refractivity contribution >= 4 is 12.2 Å². The molecule has 0 unspecified atom stereocenters. The molecule has 5 heteroatoms. The summed E-state index contributed by atoms with van der Waals surface area (Å²) < 4.78 is 0.557. The molecule has 2 aromatic heterocycles. The van der Waals surface area contributed by atoms with Gasteiger partial charge in [0.25, 0.3) is 0 Å². The van der Waals surface area contributed by atoms with Crippen LogP contribution in [0.4, 0.5) is 0 Å². The highest BCUT2D eigenvalue weighted by atomic mass is 32.1. The molecular weight excluding hydrogens is 196 g/mol. The van der Waals surface area contributed by atoms with Gasteiger partial charge in [0, 0.05) is 18.1 Å². The maximum Gasteiger partial charge on any atom is 0.159 e. The lowest BCUT2D eigenvalue weighted by Crippen LogP contribution is -1.94. The second-order valence-corrected chi connectivity index (χ2v) is 3.26. The molecule has 0 saturated carbocycles. The summed E-state index contributed by atoms with van der Waals surface area (Å²) in [4.78, 5) is 15.3. The Morgan fingerprint density at radius 3 is 2.86 bits per heavy atom. The highest BCUT2D eigenvalue weighted by Gasteiger charge is 2.00. The van der Waals surface area contributed by atoms with Crippen molar-refractivity contribution in [2.45, 2.75) is 6.92 Å². The second-order valence-electron chi connectivity index (χ2n) is 2.84. The maximum atomic E-state index is 5.01. The van der Waals surface area contributed by atoms with Crippen molar-refractivity contribution < 1.29 is 0 Å². The first-order valence-electron chi connectivity index (χ1n) is 4.10. The third-order valence-corrected chi connectivity index (χ3v) is 1.89. The van der Waals surface area contributed by atoms with Crippen LogP contribution in [-0.2, 0) is 0 Å². The molecule has 4 nitrogen and oxygen atoms in total. The predicted octanol–water partition coefficient (Wildman–Crippen LogP) is 1.90. The van der Waals surface area contributed by atoms with Crippen molar-refractivity contribution in [3.05, 3.63) is 35.0 Å². The summed E-state index contributed by atoms with van der Waals surface area (Å²) in [6.45, 7) is 1.93. The van der Waals surface area contributed by atoms with Crippen LogP contribution in [0.25, 0.3) is 11.5 Å². The minimum Gasteiger partial charge on any atom is -0.342 e. The first-order valence-corrected chi connectivity index (χ1v) is 4.51. The molecule has 0 fully saturated rings. The Labute approximate surface area is 86.1 Å². The molecule has 0 atom stereocenters. The molecule has 0 aliphatic rings. The average molecular weight is 204 g/mol. The molecule has 70 valence electrons. The van der Waals surface area contributed by atoms with Crippen molar-refractivity contribution in [3.63, 3.8) is 0 Å². The summed E-state index contributed by atoms with van der Waals surface area (Å²) >= 11 is 5.01. The summed E-state index contributed by atoms with van der Waals surface area (Å²) in [7, 11) is 0. The Bertz CT molecular complexity index is 492. The van der Waals surface area contributed by atoms with Crippen molar-refractivity contribution in [2.24, 2.45) is 0 Å². The van der Waals surface area contributed by atoms with Crippen LogP contribution in [0.2, 0.25) is 0 Å². The standard InChI is InChI=1S/C9H8N4S/c1-6-4-8(14)13-9(12-6)7-5-10-2-3-11-7/h2-5H,1H3,(H,12,13,14). The van der Waals surface area contributed by atoms with Gasteiger partial charge < -0.3 is 4.98 Å². The van der Waals surface area contributed by atoms with Gasteiger partial charge in [-0.25, -0.2) is 9.97 Å². The quantitative estimate of drug-likeness (QED) is 0.721. The largest absolute Gasteiger partial charge is 0.342 e. The van der Waals surface area contributed by atoms with Crippen LogP contribution in [0.1, 0.15) is 5.69 Å². The van der Waals surface area contributed by atoms with E-state index in [1.165, 1.54) is 0 Å². The van der Waals surface area contributed by atoms with E-state index in [-0.39, 0.29) is 0 Å². The number of nitrogens with one attached hydrogen (secondary N) is 1. The number of hydrogen-bond acceptors (Lipinski definition) is 4. The number of aromatic nitrogens is 4. The summed E-state index contributed by atoms with van der Waals surface area (Å²) in [5, 5.41) is 0. The number of rotatable bonds is 1. The third-order valence-electron chi connectivity index (χ3n) is 1.68. The van der Waals surface area contributed by atoms with Crippen molar-refractivity contribution in [2.75, 3.05) is 0 Å². The van der Waals surface area contributed by atoms with E-state index in [2.05, 4.69) is 19.9 Å². The Hall–Kier alpha value is -1.62. The number of aryl methyl sites for hydroxylation is 1. The molecule has 0 aromatic carbocycles. The van der Waals surface area contributed by atoms with Crippen LogP contribution in [-0.4, -0.2) is 19.9 Å². The third kappa shape index (κ3) is 1.82. The maximum absolute atomic E-state index is 5.01. The van der Waals surface area contributed by atoms with Crippen molar-refractivity contribution in [1.82, 2.24) is 19.9 Å². The van der Waals surface area contributed by atoms with Gasteiger partial charge in [-0.15, -0.1) is 0 Å². The molecule has 0 bridgehead atoms. The number of H-pyrrole nitrogens is 1. The molecule has 14 heavy (non-hydrogen) atoms. The Morgan fingerprint density at radius 2 is 2.21 bits per heavy atom. The molecule has 2 heterocycles. The van der Waals surface area contributed by atoms with E-state index in [9.17, 15) is 0 Å². The van der Waals surface area contributed by atoms with Gasteiger partial charge in [-0.1, -0.05) is 12.2 Å². The Balaban J connectivity index is 2.58. The van der Waals surface area contributed by atoms with Crippen LogP contribution in [0.5, 0.6) is 0 Å². The van der Waals surface area contributed by atoms with E-state index in [0.29, 0.717) is 16.2 Å². The molecule has 0 aliphatic heterocycles. The fraction of sp³-hybridized carbons (Fsp3) is 0.111. The summed E-state index contributed by atoms with van der Waals surface area (Å²) in [6.07, 6.45) is 4.89. The normalized spacial score (nSPS) is 10.1. The lowest BCUT2D eigenvalue weighted by atomic mass is 10.4. The van der Waals surface area contributed by atoms with E-state index < -0.39 is 0 Å². The Morgan fingerprint density at radius 1 is 1.36 bits per heavy atom. The smallest absolute Gasteiger partial charge is 0.159 e. The van der Waals surface area contributed by atoms with Crippen LogP contribution in [0.15, 0.2) is 24.7 Å². The van der Waals surface area contributed by atoms with Crippen LogP contribution >= 0.6 is 12.2 Å². The lowest BCUT2D eigenvalue weighted by Gasteiger charge is -2.00. The summed E-state index contributed by atoms with van der Waals surface area (Å²) in [6, 6.07) is 1.80. The molecule has 0 amide bonds. The van der Waals surface area contributed by atoms with E-state index in [0.717, 1.165) is 5.69 Å². The van der Waals surface area contributed by atoms with Gasteiger partial charge in [-0.05, 0) is 13.0 Å². The number of aromatic amines is 1. The highest BCUT2D eigenvalue weighted by molar-refractivity contribution is 7.71. The lowest BCUT2D eigenvalue weighted by molar-refractivity contribution is 1.06. The van der Waals surface area contributed by atoms with Gasteiger partial charge in [0.2, 0.25) is 0 Å². The minimum absolute atomic E-state index is 0.557. The van der Waals surface area contributed by atoms with Crippen LogP contribution in [0.3, 0.4) is 0 Å². The van der Waals surface area contributed by atoms with Crippen molar-refractivity contribution in [3.8, 4) is 11.5 Å². The van der Waals surface area contributed by atoms with E-state index >= 15 is 0 Å². The minimum atomic E-state index is 0.557. The van der Waals surface area contributed by atoms with Gasteiger partial charge in [0.1, 0.15) is 10.3 Å². The highest BCUT2D eigenvalue weighted by Crippen LogP contribution is 2.09. The van der Waals surface area contributed by atoms with Gasteiger partial charge >= 0.3 is 0 Å². The van der Waals surface area contributed by atoms with Gasteiger partial charge in [-0.3, -0.25) is 4.98 Å². The zero-order valence-corrected chi connectivity index (χ0v) is 8.38. The number of nitrogens with zero attached hydrogens (tertiary/aromatic N) is 3. The average Bonchev–Trinajstić information content (AvgIpc) is 2.18. The summed E-state index contributed by atoms with van der Waals surface area (Å²) in [5.41, 5.74) is 1.66. The fourth-order valence-electron chi connectivity index (χ4n) is 1.12. The predicted molar refractivity (Wildman–Crippen MR) is 55.2 cm³/mol. The van der Waals surface area contributed by atoms with E-state index in [4.69, 9.17) is 12.2 Å². The van der Waals surface area contributed by atoms with Gasteiger partial charge in [0.15, 0.2) is 5.82 Å². The first-order chi connectivity index (χ1) is 6.75. The van der Waals surface area contributed by atoms with Gasteiger partial charge in [-0.2, -0.15) is 0 Å². The molecule has 0 spiro atoms. The fourth-order valence-corrected chi connectivity index (χ4v) is 1.39. The van der Waals surface area contributed by atoms with Gasteiger partial charge in [0.05, 0.1) is 6.20 Å². The molecule has 2 aromatic rings. The molecule has 0 aliphatic carbocycles. The second kappa shape index (κ2) is 3.63. The molecule has 1 N–H and O–H groups in total. The topological polar surface area (TPSA) is 54.5 Å². The zero-order chi connectivity index (χ0) is 9.97. The molecule has 0 radical (unpaired) electrons. The summed E-state index contributed by atoms with van der Waals surface area (Å²) in [5.74, 6) is 0.656.